The summed E-state index contributed by atoms with van der Waals surface area (Å²) in [4.78, 5) is 12.1. The topological polar surface area (TPSA) is 55.1 Å². The molecule has 0 spiro atoms. The Morgan fingerprint density at radius 1 is 1.41 bits per heavy atom. The maximum absolute atomic E-state index is 12.1. The molecule has 0 bridgehead atoms. The van der Waals surface area contributed by atoms with Crippen LogP contribution < -0.4 is 11.1 Å². The summed E-state index contributed by atoms with van der Waals surface area (Å²) < 4.78 is 0. The van der Waals surface area contributed by atoms with Gasteiger partial charge in [0.2, 0.25) is 5.91 Å². The van der Waals surface area contributed by atoms with Gasteiger partial charge >= 0.3 is 0 Å². The smallest absolute Gasteiger partial charge is 0.227 e. The molecule has 17 heavy (non-hydrogen) atoms. The van der Waals surface area contributed by atoms with Gasteiger partial charge < -0.3 is 11.1 Å². The number of benzene rings is 1. The number of nitrogens with one attached hydrogen (secondary N) is 1. The van der Waals surface area contributed by atoms with Crippen molar-refractivity contribution in [1.29, 1.82) is 0 Å². The predicted octanol–water partition coefficient (Wildman–Crippen LogP) is 2.24. The minimum atomic E-state index is -0.469. The van der Waals surface area contributed by atoms with Crippen LogP contribution in [0.2, 0.25) is 0 Å². The van der Waals surface area contributed by atoms with E-state index in [1.807, 2.05) is 51.1 Å². The summed E-state index contributed by atoms with van der Waals surface area (Å²) in [6.45, 7) is 6.25. The first-order chi connectivity index (χ1) is 8.03. The fourth-order valence-corrected chi connectivity index (χ4v) is 1.59. The molecule has 3 N–H and O–H groups in total. The quantitative estimate of drug-likeness (QED) is 0.821. The van der Waals surface area contributed by atoms with Crippen LogP contribution in [0.1, 0.15) is 38.8 Å². The Morgan fingerprint density at radius 2 is 2.00 bits per heavy atom. The molecule has 3 heteroatoms. The molecule has 0 saturated heterocycles. The van der Waals surface area contributed by atoms with Gasteiger partial charge in [0.1, 0.15) is 0 Å². The van der Waals surface area contributed by atoms with Gasteiger partial charge in [-0.15, -0.1) is 0 Å². The highest BCUT2D eigenvalue weighted by Crippen LogP contribution is 2.21. The van der Waals surface area contributed by atoms with Gasteiger partial charge in [0.25, 0.3) is 0 Å². The van der Waals surface area contributed by atoms with Gasteiger partial charge in [-0.3, -0.25) is 4.79 Å². The molecule has 2 atom stereocenters. The van der Waals surface area contributed by atoms with Crippen molar-refractivity contribution in [1.82, 2.24) is 5.32 Å². The zero-order valence-corrected chi connectivity index (χ0v) is 10.9. The van der Waals surface area contributed by atoms with Crippen LogP contribution in [0.4, 0.5) is 0 Å². The number of carbonyl (C=O) groups excluding carboxylic acids is 1. The van der Waals surface area contributed by atoms with Gasteiger partial charge in [0.15, 0.2) is 0 Å². The third-order valence-corrected chi connectivity index (χ3v) is 3.43. The summed E-state index contributed by atoms with van der Waals surface area (Å²) in [6, 6.07) is 9.95. The number of rotatable bonds is 5. The van der Waals surface area contributed by atoms with E-state index in [1.165, 1.54) is 0 Å². The summed E-state index contributed by atoms with van der Waals surface area (Å²) in [5.41, 5.74) is 6.31. The van der Waals surface area contributed by atoms with E-state index in [0.29, 0.717) is 6.54 Å². The summed E-state index contributed by atoms with van der Waals surface area (Å²) in [7, 11) is 0. The van der Waals surface area contributed by atoms with Gasteiger partial charge in [-0.1, -0.05) is 37.3 Å². The first-order valence-electron chi connectivity index (χ1n) is 6.09. The average molecular weight is 234 g/mol. The van der Waals surface area contributed by atoms with E-state index in [0.717, 1.165) is 12.0 Å². The van der Waals surface area contributed by atoms with Crippen LogP contribution in [-0.4, -0.2) is 12.5 Å². The van der Waals surface area contributed by atoms with E-state index in [9.17, 15) is 4.79 Å². The van der Waals surface area contributed by atoms with Crippen LogP contribution in [0.5, 0.6) is 0 Å². The van der Waals surface area contributed by atoms with Crippen LogP contribution in [0.15, 0.2) is 30.3 Å². The van der Waals surface area contributed by atoms with Crippen molar-refractivity contribution in [2.45, 2.75) is 33.2 Å². The van der Waals surface area contributed by atoms with Crippen LogP contribution >= 0.6 is 0 Å². The Kier molecular flexibility index (Phi) is 4.70. The van der Waals surface area contributed by atoms with Gasteiger partial charge in [0.05, 0.1) is 11.5 Å². The van der Waals surface area contributed by atoms with Crippen molar-refractivity contribution in [2.24, 2.45) is 11.1 Å². The third-order valence-electron chi connectivity index (χ3n) is 3.43. The highest BCUT2D eigenvalue weighted by atomic mass is 16.2. The average Bonchev–Trinajstić information content (AvgIpc) is 2.38. The zero-order chi connectivity index (χ0) is 12.9. The molecular formula is C14H22N2O. The molecule has 0 heterocycles. The Morgan fingerprint density at radius 3 is 2.47 bits per heavy atom. The monoisotopic (exact) mass is 234 g/mol. The molecule has 3 nitrogen and oxygen atoms in total. The molecule has 0 fully saturated rings. The maximum Gasteiger partial charge on any atom is 0.227 e. The lowest BCUT2D eigenvalue weighted by molar-refractivity contribution is -0.130. The van der Waals surface area contributed by atoms with Crippen molar-refractivity contribution >= 4 is 5.91 Å². The second-order valence-electron chi connectivity index (χ2n) is 4.72. The van der Waals surface area contributed by atoms with Crippen LogP contribution in [0.25, 0.3) is 0 Å². The van der Waals surface area contributed by atoms with Gasteiger partial charge in [0, 0.05) is 6.54 Å². The molecule has 1 aromatic carbocycles. The van der Waals surface area contributed by atoms with Crippen molar-refractivity contribution in [2.75, 3.05) is 6.54 Å². The fourth-order valence-electron chi connectivity index (χ4n) is 1.59. The van der Waals surface area contributed by atoms with Gasteiger partial charge in [-0.05, 0) is 25.8 Å². The molecular weight excluding hydrogens is 212 g/mol. The highest BCUT2D eigenvalue weighted by Gasteiger charge is 2.30. The molecule has 0 radical (unpaired) electrons. The largest absolute Gasteiger partial charge is 0.349 e. The van der Waals surface area contributed by atoms with Gasteiger partial charge in [-0.2, -0.15) is 0 Å². The number of amides is 1. The predicted molar refractivity (Wildman–Crippen MR) is 70.5 cm³/mol. The number of hydrogen-bond donors (Lipinski definition) is 2. The molecule has 94 valence electrons. The van der Waals surface area contributed by atoms with Gasteiger partial charge in [-0.25, -0.2) is 0 Å². The minimum absolute atomic E-state index is 0.0149. The fraction of sp³-hybridized carbons (Fsp3) is 0.500. The normalized spacial score (nSPS) is 16.0. The Labute approximate surface area is 103 Å². The molecule has 0 aliphatic carbocycles. The van der Waals surface area contributed by atoms with Crippen LogP contribution in [0, 0.1) is 5.41 Å². The second-order valence-corrected chi connectivity index (χ2v) is 4.72. The van der Waals surface area contributed by atoms with E-state index < -0.39 is 5.41 Å². The van der Waals surface area contributed by atoms with Crippen molar-refractivity contribution in [3.8, 4) is 0 Å². The number of carbonyl (C=O) groups is 1. The standard InChI is InChI=1S/C14H22N2O/c1-4-14(3,10-15)13(17)16-11(2)12-8-6-5-7-9-12/h5-9,11H,4,10,15H2,1-3H3,(H,16,17)/t11-,14?/m1/s1. The second kappa shape index (κ2) is 5.82. The number of nitrogens with two attached hydrogens (primary N) is 1. The number of hydrogen-bond acceptors (Lipinski definition) is 2. The summed E-state index contributed by atoms with van der Waals surface area (Å²) >= 11 is 0. The molecule has 1 amide bonds. The van der Waals surface area contributed by atoms with E-state index in [2.05, 4.69) is 5.32 Å². The van der Waals surface area contributed by atoms with E-state index in [4.69, 9.17) is 5.73 Å². The summed E-state index contributed by atoms with van der Waals surface area (Å²) in [5, 5.41) is 3.02. The Balaban J connectivity index is 2.69. The summed E-state index contributed by atoms with van der Waals surface area (Å²) in [5.74, 6) is 0.0267. The molecule has 1 rings (SSSR count). The molecule has 1 unspecified atom stereocenters. The molecule has 0 saturated carbocycles. The SMILES string of the molecule is CCC(C)(CN)C(=O)N[C@H](C)c1ccccc1. The van der Waals surface area contributed by atoms with E-state index in [1.54, 1.807) is 0 Å². The van der Waals surface area contributed by atoms with Crippen molar-refractivity contribution in [3.05, 3.63) is 35.9 Å². The van der Waals surface area contributed by atoms with E-state index >= 15 is 0 Å². The minimum Gasteiger partial charge on any atom is -0.349 e. The third kappa shape index (κ3) is 3.30. The Bertz CT molecular complexity index is 358. The molecule has 0 aliphatic rings. The molecule has 1 aromatic rings. The molecule has 0 aromatic heterocycles. The zero-order valence-electron chi connectivity index (χ0n) is 10.9. The molecule has 0 aliphatic heterocycles. The van der Waals surface area contributed by atoms with Crippen molar-refractivity contribution < 1.29 is 4.79 Å². The Hall–Kier alpha value is -1.35. The van der Waals surface area contributed by atoms with E-state index in [-0.39, 0.29) is 11.9 Å². The summed E-state index contributed by atoms with van der Waals surface area (Å²) in [6.07, 6.45) is 0.747. The maximum atomic E-state index is 12.1. The van der Waals surface area contributed by atoms with Crippen LogP contribution in [0.3, 0.4) is 0 Å². The first kappa shape index (κ1) is 13.7. The van der Waals surface area contributed by atoms with Crippen LogP contribution in [-0.2, 0) is 4.79 Å². The van der Waals surface area contributed by atoms with Crippen molar-refractivity contribution in [3.63, 3.8) is 0 Å². The lowest BCUT2D eigenvalue weighted by Crippen LogP contribution is -2.44. The first-order valence-corrected chi connectivity index (χ1v) is 6.09. The highest BCUT2D eigenvalue weighted by molar-refractivity contribution is 5.82. The lowest BCUT2D eigenvalue weighted by atomic mass is 9.86. The lowest BCUT2D eigenvalue weighted by Gasteiger charge is -2.27.